The molecule has 0 unspecified atom stereocenters. The van der Waals surface area contributed by atoms with Gasteiger partial charge in [0.05, 0.1) is 23.5 Å². The number of nitriles is 1. The van der Waals surface area contributed by atoms with E-state index in [0.29, 0.717) is 61.9 Å². The van der Waals surface area contributed by atoms with Gasteiger partial charge in [-0.15, -0.1) is 0 Å². The number of aliphatic hydroxyl groups is 1. The zero-order valence-corrected chi connectivity index (χ0v) is 25.3. The van der Waals surface area contributed by atoms with Gasteiger partial charge in [0, 0.05) is 68.4 Å². The van der Waals surface area contributed by atoms with Crippen molar-refractivity contribution in [1.29, 1.82) is 5.26 Å². The van der Waals surface area contributed by atoms with Crippen molar-refractivity contribution in [3.8, 4) is 23.1 Å². The summed E-state index contributed by atoms with van der Waals surface area (Å²) in [7, 11) is 0. The third kappa shape index (κ3) is 5.94. The summed E-state index contributed by atoms with van der Waals surface area (Å²) in [5.41, 5.74) is 1.62. The molecule has 2 amide bonds. The van der Waals surface area contributed by atoms with Gasteiger partial charge >= 0.3 is 0 Å². The van der Waals surface area contributed by atoms with E-state index < -0.39 is 29.9 Å². The van der Waals surface area contributed by atoms with Crippen molar-refractivity contribution >= 4 is 29.0 Å². The lowest BCUT2D eigenvalue weighted by Gasteiger charge is -2.36. The number of carbonyl (C=O) groups is 2. The van der Waals surface area contributed by atoms with Gasteiger partial charge < -0.3 is 30.3 Å². The van der Waals surface area contributed by atoms with Gasteiger partial charge in [-0.3, -0.25) is 14.0 Å². The lowest BCUT2D eigenvalue weighted by atomic mass is 10.0. The Morgan fingerprint density at radius 3 is 2.61 bits per heavy atom. The molecule has 14 heteroatoms. The number of aryl methyl sites for hydroxylation is 1. The van der Waals surface area contributed by atoms with Gasteiger partial charge in [-0.25, -0.2) is 14.4 Å². The van der Waals surface area contributed by atoms with Crippen LogP contribution in [0.2, 0.25) is 0 Å². The first-order valence-electron chi connectivity index (χ1n) is 14.8. The molecule has 2 fully saturated rings. The summed E-state index contributed by atoms with van der Waals surface area (Å²) in [5.74, 6) is -2.51. The van der Waals surface area contributed by atoms with Gasteiger partial charge in [-0.05, 0) is 49.7 Å². The number of β-amino-alcohol motifs (C(OH)–C–C–N with tert-alkyl or cyclic N) is 1. The Morgan fingerprint density at radius 1 is 1.15 bits per heavy atom. The van der Waals surface area contributed by atoms with E-state index in [0.717, 1.165) is 5.56 Å². The molecule has 2 aliphatic rings. The fourth-order valence-corrected chi connectivity index (χ4v) is 5.90. The maximum absolute atomic E-state index is 15.0. The number of nitrogens with zero attached hydrogens (tertiary/aromatic N) is 6. The number of amides is 2. The number of piperazine rings is 1. The molecular formula is C32H32F2N8O4. The number of imidazole rings is 1. The molecule has 238 valence electrons. The number of fused-ring (bicyclic) bond motifs is 1. The van der Waals surface area contributed by atoms with E-state index in [1.807, 2.05) is 13.0 Å². The predicted molar refractivity (Wildman–Crippen MR) is 163 cm³/mol. The molecule has 0 bridgehead atoms. The van der Waals surface area contributed by atoms with Gasteiger partial charge in [-0.2, -0.15) is 9.65 Å². The normalized spacial score (nSPS) is 19.7. The second-order valence-corrected chi connectivity index (χ2v) is 11.7. The van der Waals surface area contributed by atoms with Crippen molar-refractivity contribution < 1.29 is 28.2 Å². The van der Waals surface area contributed by atoms with Gasteiger partial charge in [0.15, 0.2) is 29.6 Å². The largest absolute Gasteiger partial charge is 0.476 e. The zero-order chi connectivity index (χ0) is 32.6. The number of carbonyl (C=O) groups excluding carboxylic acids is 2. The van der Waals surface area contributed by atoms with Crippen LogP contribution in [-0.2, 0) is 4.79 Å². The number of ether oxygens (including phenoxy) is 1. The lowest BCUT2D eigenvalue weighted by Crippen LogP contribution is -2.54. The molecule has 2 aliphatic heterocycles. The van der Waals surface area contributed by atoms with E-state index >= 15 is 0 Å². The van der Waals surface area contributed by atoms with Gasteiger partial charge in [-0.1, -0.05) is 0 Å². The van der Waals surface area contributed by atoms with E-state index in [9.17, 15) is 23.5 Å². The molecule has 2 saturated heterocycles. The monoisotopic (exact) mass is 630 g/mol. The molecule has 6 rings (SSSR count). The van der Waals surface area contributed by atoms with Crippen LogP contribution in [0.15, 0.2) is 48.9 Å². The summed E-state index contributed by atoms with van der Waals surface area (Å²) < 4.78 is 36.1. The third-order valence-electron chi connectivity index (χ3n) is 8.31. The Balaban J connectivity index is 1.14. The van der Waals surface area contributed by atoms with Gasteiger partial charge in [0.1, 0.15) is 6.07 Å². The molecule has 0 saturated carbocycles. The number of aromatic nitrogens is 3. The van der Waals surface area contributed by atoms with Crippen molar-refractivity contribution in [2.75, 3.05) is 44.6 Å². The van der Waals surface area contributed by atoms with Crippen molar-refractivity contribution in [1.82, 2.24) is 29.5 Å². The summed E-state index contributed by atoms with van der Waals surface area (Å²) >= 11 is 0. The summed E-state index contributed by atoms with van der Waals surface area (Å²) in [6.07, 6.45) is 4.85. The second-order valence-electron chi connectivity index (χ2n) is 11.7. The van der Waals surface area contributed by atoms with E-state index in [4.69, 9.17) is 10.00 Å². The number of hydrogen-bond donors (Lipinski definition) is 3. The predicted octanol–water partition coefficient (Wildman–Crippen LogP) is 3.03. The minimum atomic E-state index is -1.20. The molecule has 2 aromatic heterocycles. The average Bonchev–Trinajstić information content (AvgIpc) is 3.65. The van der Waals surface area contributed by atoms with Crippen LogP contribution in [0.4, 0.5) is 20.3 Å². The number of hydrogen-bond acceptors (Lipinski definition) is 9. The van der Waals surface area contributed by atoms with Gasteiger partial charge in [0.2, 0.25) is 11.7 Å². The average molecular weight is 631 g/mol. The van der Waals surface area contributed by atoms with Crippen molar-refractivity contribution in [3.63, 3.8) is 0 Å². The molecule has 0 aliphatic carbocycles. The first-order chi connectivity index (χ1) is 22.1. The SMILES string of the molecule is Cc1cc(Nc2nccn3c(-c4ccc(OCC#N)c(F)c4F)cnc23)ccc1C(=O)N1CCN(C(=O)[C@@H]2C[C@@](C)(O)CN2)CC1. The Kier molecular flexibility index (Phi) is 8.28. The van der Waals surface area contributed by atoms with Crippen LogP contribution >= 0.6 is 0 Å². The number of benzene rings is 2. The molecular weight excluding hydrogens is 598 g/mol. The van der Waals surface area contributed by atoms with Crippen molar-refractivity contribution in [2.24, 2.45) is 0 Å². The van der Waals surface area contributed by atoms with Gasteiger partial charge in [0.25, 0.3) is 5.91 Å². The highest BCUT2D eigenvalue weighted by Crippen LogP contribution is 2.32. The summed E-state index contributed by atoms with van der Waals surface area (Å²) in [6.45, 7) is 5.15. The summed E-state index contributed by atoms with van der Waals surface area (Å²) in [4.78, 5) is 38.5. The van der Waals surface area contributed by atoms with Crippen LogP contribution in [0.3, 0.4) is 0 Å². The van der Waals surface area contributed by atoms with Crippen LogP contribution < -0.4 is 15.4 Å². The first-order valence-corrected chi connectivity index (χ1v) is 14.8. The zero-order valence-electron chi connectivity index (χ0n) is 25.3. The standard InChI is InChI=1S/C32H32F2N8O4/c1-19-15-20(3-4-21(19)30(43)40-10-12-41(13-11-40)31(44)23-16-32(2,45)18-38-23)39-28-29-37-17-24(42(29)9-8-36-28)22-5-6-25(46-14-7-35)27(34)26(22)33/h3-6,8-9,15,17,23,38,45H,10-14,16,18H2,1-2H3,(H,36,39)/t23-,32+/m0/s1. The molecule has 0 radical (unpaired) electrons. The third-order valence-corrected chi connectivity index (χ3v) is 8.31. The molecule has 0 spiro atoms. The highest BCUT2D eigenvalue weighted by molar-refractivity contribution is 5.96. The van der Waals surface area contributed by atoms with Crippen molar-refractivity contribution in [2.45, 2.75) is 31.9 Å². The Bertz CT molecular complexity index is 1860. The van der Waals surface area contributed by atoms with Crippen molar-refractivity contribution in [3.05, 3.63) is 71.7 Å². The first kappa shape index (κ1) is 30.9. The highest BCUT2D eigenvalue weighted by Gasteiger charge is 2.39. The summed E-state index contributed by atoms with van der Waals surface area (Å²) in [6, 6.07) is 9.22. The van der Waals surface area contributed by atoms with Crippen LogP contribution in [0, 0.1) is 29.9 Å². The molecule has 4 heterocycles. The smallest absolute Gasteiger partial charge is 0.254 e. The van der Waals surface area contributed by atoms with Crippen LogP contribution in [0.5, 0.6) is 5.75 Å². The van der Waals surface area contributed by atoms with Crippen LogP contribution in [0.25, 0.3) is 16.9 Å². The fourth-order valence-electron chi connectivity index (χ4n) is 5.90. The van der Waals surface area contributed by atoms with E-state index in [2.05, 4.69) is 20.6 Å². The topological polar surface area (TPSA) is 148 Å². The molecule has 3 N–H and O–H groups in total. The fraction of sp³-hybridized carbons (Fsp3) is 0.344. The number of rotatable bonds is 7. The molecule has 4 aromatic rings. The number of anilines is 2. The number of nitrogens with one attached hydrogen (secondary N) is 2. The minimum Gasteiger partial charge on any atom is -0.476 e. The Morgan fingerprint density at radius 2 is 1.91 bits per heavy atom. The second kappa shape index (κ2) is 12.3. The Hall–Kier alpha value is -5.13. The van der Waals surface area contributed by atoms with Crippen LogP contribution in [-0.4, -0.2) is 92.1 Å². The lowest BCUT2D eigenvalue weighted by molar-refractivity contribution is -0.134. The minimum absolute atomic E-state index is 0.0429. The maximum atomic E-state index is 15.0. The quantitative estimate of drug-likeness (QED) is 0.280. The highest BCUT2D eigenvalue weighted by atomic mass is 19.2. The number of halogens is 2. The van der Waals surface area contributed by atoms with E-state index in [-0.39, 0.29) is 28.8 Å². The van der Waals surface area contributed by atoms with Crippen LogP contribution in [0.1, 0.15) is 29.3 Å². The molecule has 46 heavy (non-hydrogen) atoms. The Labute approximate surface area is 263 Å². The maximum Gasteiger partial charge on any atom is 0.254 e. The van der Waals surface area contributed by atoms with E-state index in [1.165, 1.54) is 24.5 Å². The summed E-state index contributed by atoms with van der Waals surface area (Å²) in [5, 5.41) is 25.1. The van der Waals surface area contributed by atoms with E-state index in [1.54, 1.807) is 45.5 Å². The molecule has 2 atom stereocenters. The molecule has 2 aromatic carbocycles. The molecule has 12 nitrogen and oxygen atoms in total.